The minimum atomic E-state index is -0.845. The highest BCUT2D eigenvalue weighted by atomic mass is 16.5. The van der Waals surface area contributed by atoms with Crippen LogP contribution in [0.25, 0.3) is 5.76 Å². The Morgan fingerprint density at radius 1 is 1.10 bits per heavy atom. The molecule has 1 unspecified atom stereocenters. The number of Topliss-reactive ketones (excluding diaryl/α,β-unsaturated/α-hetero) is 1. The number of methoxy groups -OCH3 is 1. The Labute approximate surface area is 172 Å². The number of benzene rings is 2. The molecule has 4 rings (SSSR count). The van der Waals surface area contributed by atoms with Crippen LogP contribution in [0.4, 0.5) is 0 Å². The van der Waals surface area contributed by atoms with E-state index in [1.807, 2.05) is 0 Å². The van der Waals surface area contributed by atoms with Gasteiger partial charge in [0.2, 0.25) is 0 Å². The van der Waals surface area contributed by atoms with Crippen LogP contribution in [0.2, 0.25) is 0 Å². The maximum atomic E-state index is 12.9. The summed E-state index contributed by atoms with van der Waals surface area (Å²) in [5.41, 5.74) is 0.891. The average Bonchev–Trinajstić information content (AvgIpc) is 3.36. The van der Waals surface area contributed by atoms with Gasteiger partial charge in [0.15, 0.2) is 0 Å². The van der Waals surface area contributed by atoms with Gasteiger partial charge in [0.05, 0.1) is 31.5 Å². The number of phenolic OH excluding ortho intramolecular Hbond substituents is 1. The molecule has 30 heavy (non-hydrogen) atoms. The zero-order valence-electron chi connectivity index (χ0n) is 16.1. The number of phenols is 1. The molecule has 7 nitrogen and oxygen atoms in total. The van der Waals surface area contributed by atoms with Crippen LogP contribution in [-0.2, 0) is 16.1 Å². The van der Waals surface area contributed by atoms with Crippen LogP contribution in [0.15, 0.2) is 76.9 Å². The van der Waals surface area contributed by atoms with Crippen LogP contribution >= 0.6 is 0 Å². The van der Waals surface area contributed by atoms with E-state index < -0.39 is 17.7 Å². The van der Waals surface area contributed by atoms with E-state index >= 15 is 0 Å². The quantitative estimate of drug-likeness (QED) is 0.382. The number of aliphatic hydroxyl groups excluding tert-OH is 1. The van der Waals surface area contributed by atoms with Crippen molar-refractivity contribution in [3.05, 3.63) is 89.4 Å². The predicted octanol–water partition coefficient (Wildman–Crippen LogP) is 3.62. The van der Waals surface area contributed by atoms with Crippen molar-refractivity contribution >= 4 is 17.4 Å². The third-order valence-electron chi connectivity index (χ3n) is 5.00. The third-order valence-corrected chi connectivity index (χ3v) is 5.00. The Bertz CT molecular complexity index is 1110. The lowest BCUT2D eigenvalue weighted by atomic mass is 9.95. The summed E-state index contributed by atoms with van der Waals surface area (Å²) in [6.45, 7) is 0.0536. The Balaban J connectivity index is 1.86. The van der Waals surface area contributed by atoms with E-state index in [0.717, 1.165) is 0 Å². The van der Waals surface area contributed by atoms with Gasteiger partial charge in [0.25, 0.3) is 11.7 Å². The molecule has 1 amide bonds. The predicted molar refractivity (Wildman–Crippen MR) is 108 cm³/mol. The Morgan fingerprint density at radius 3 is 2.53 bits per heavy atom. The number of carbonyl (C=O) groups excluding carboxylic acids is 2. The molecule has 7 heteroatoms. The normalized spacial score (nSPS) is 18.0. The van der Waals surface area contributed by atoms with E-state index in [0.29, 0.717) is 22.6 Å². The second kappa shape index (κ2) is 7.79. The minimum absolute atomic E-state index is 0.0366. The van der Waals surface area contributed by atoms with Gasteiger partial charge in [-0.3, -0.25) is 9.59 Å². The van der Waals surface area contributed by atoms with Gasteiger partial charge < -0.3 is 24.3 Å². The zero-order chi connectivity index (χ0) is 21.3. The first-order valence-electron chi connectivity index (χ1n) is 9.23. The fourth-order valence-electron chi connectivity index (χ4n) is 3.54. The molecule has 0 bridgehead atoms. The molecule has 0 spiro atoms. The van der Waals surface area contributed by atoms with E-state index in [1.165, 1.54) is 30.4 Å². The van der Waals surface area contributed by atoms with Crippen LogP contribution in [-0.4, -0.2) is 33.9 Å². The zero-order valence-corrected chi connectivity index (χ0v) is 16.1. The SMILES string of the molecule is COc1cccc(/C(O)=C2\C(=O)C(=O)N(Cc3ccco3)C2c2ccc(O)cc2)c1. The van der Waals surface area contributed by atoms with E-state index in [4.69, 9.17) is 9.15 Å². The van der Waals surface area contributed by atoms with Crippen molar-refractivity contribution in [2.24, 2.45) is 0 Å². The molecule has 1 aromatic heterocycles. The molecular formula is C23H19NO6. The molecule has 2 aromatic carbocycles. The lowest BCUT2D eigenvalue weighted by molar-refractivity contribution is -0.140. The summed E-state index contributed by atoms with van der Waals surface area (Å²) < 4.78 is 10.5. The third kappa shape index (κ3) is 3.41. The number of ether oxygens (including phenoxy) is 1. The summed E-state index contributed by atoms with van der Waals surface area (Å²) in [6.07, 6.45) is 1.48. The number of furan rings is 1. The highest BCUT2D eigenvalue weighted by Crippen LogP contribution is 2.40. The Morgan fingerprint density at radius 2 is 1.87 bits per heavy atom. The standard InChI is InChI=1S/C23H19NO6/c1-29-17-5-2-4-15(12-17)21(26)19-20(14-7-9-16(25)10-8-14)24(23(28)22(19)27)13-18-6-3-11-30-18/h2-12,20,25-26H,13H2,1H3/b21-19+. The number of carbonyl (C=O) groups is 2. The van der Waals surface area contributed by atoms with Crippen molar-refractivity contribution in [1.82, 2.24) is 4.90 Å². The molecule has 1 fully saturated rings. The van der Waals surface area contributed by atoms with Gasteiger partial charge in [0, 0.05) is 5.56 Å². The number of ketones is 1. The van der Waals surface area contributed by atoms with Crippen LogP contribution in [0.5, 0.6) is 11.5 Å². The first-order valence-corrected chi connectivity index (χ1v) is 9.23. The summed E-state index contributed by atoms with van der Waals surface area (Å²) in [7, 11) is 1.50. The number of rotatable bonds is 5. The van der Waals surface area contributed by atoms with Gasteiger partial charge in [0.1, 0.15) is 23.0 Å². The number of aliphatic hydroxyl groups is 1. The Hall–Kier alpha value is -4.00. The number of aromatic hydroxyl groups is 1. The number of hydrogen-bond donors (Lipinski definition) is 2. The van der Waals surface area contributed by atoms with Gasteiger partial charge in [-0.05, 0) is 42.0 Å². The summed E-state index contributed by atoms with van der Waals surface area (Å²) >= 11 is 0. The largest absolute Gasteiger partial charge is 0.508 e. The molecule has 1 atom stereocenters. The second-order valence-corrected chi connectivity index (χ2v) is 6.83. The molecule has 1 saturated heterocycles. The molecule has 3 aromatic rings. The second-order valence-electron chi connectivity index (χ2n) is 6.83. The molecule has 1 aliphatic rings. The minimum Gasteiger partial charge on any atom is -0.508 e. The van der Waals surface area contributed by atoms with Crippen LogP contribution in [0, 0.1) is 0 Å². The maximum Gasteiger partial charge on any atom is 0.296 e. The van der Waals surface area contributed by atoms with Gasteiger partial charge in [-0.2, -0.15) is 0 Å². The van der Waals surface area contributed by atoms with Crippen molar-refractivity contribution in [2.45, 2.75) is 12.6 Å². The van der Waals surface area contributed by atoms with Crippen molar-refractivity contribution in [3.63, 3.8) is 0 Å². The lowest BCUT2D eigenvalue weighted by Crippen LogP contribution is -2.29. The molecule has 2 N–H and O–H groups in total. The summed E-state index contributed by atoms with van der Waals surface area (Å²) in [6, 6.07) is 15.3. The number of hydrogen-bond acceptors (Lipinski definition) is 6. The fraction of sp³-hybridized carbons (Fsp3) is 0.130. The summed E-state index contributed by atoms with van der Waals surface area (Å²) in [4.78, 5) is 27.2. The van der Waals surface area contributed by atoms with E-state index in [2.05, 4.69) is 0 Å². The highest BCUT2D eigenvalue weighted by Gasteiger charge is 2.46. The average molecular weight is 405 g/mol. The van der Waals surface area contributed by atoms with Crippen LogP contribution in [0.3, 0.4) is 0 Å². The molecule has 152 valence electrons. The lowest BCUT2D eigenvalue weighted by Gasteiger charge is -2.24. The van der Waals surface area contributed by atoms with Gasteiger partial charge >= 0.3 is 0 Å². The first-order chi connectivity index (χ1) is 14.5. The summed E-state index contributed by atoms with van der Waals surface area (Å²) in [5, 5.41) is 20.7. The molecule has 2 heterocycles. The van der Waals surface area contributed by atoms with Crippen molar-refractivity contribution < 1.29 is 29.0 Å². The monoisotopic (exact) mass is 405 g/mol. The maximum absolute atomic E-state index is 12.9. The Kier molecular flexibility index (Phi) is 5.02. The first kappa shape index (κ1) is 19.3. The van der Waals surface area contributed by atoms with Crippen LogP contribution < -0.4 is 4.74 Å². The number of amides is 1. The topological polar surface area (TPSA) is 100 Å². The van der Waals surface area contributed by atoms with E-state index in [-0.39, 0.29) is 23.6 Å². The van der Waals surface area contributed by atoms with E-state index in [1.54, 1.807) is 48.5 Å². The van der Waals surface area contributed by atoms with Gasteiger partial charge in [-0.25, -0.2) is 0 Å². The van der Waals surface area contributed by atoms with Crippen molar-refractivity contribution in [2.75, 3.05) is 7.11 Å². The smallest absolute Gasteiger partial charge is 0.296 e. The number of nitrogens with zero attached hydrogens (tertiary/aromatic N) is 1. The van der Waals surface area contributed by atoms with Gasteiger partial charge in [-0.15, -0.1) is 0 Å². The molecule has 1 aliphatic heterocycles. The molecule has 0 radical (unpaired) electrons. The van der Waals surface area contributed by atoms with Crippen molar-refractivity contribution in [1.29, 1.82) is 0 Å². The molecular weight excluding hydrogens is 386 g/mol. The molecule has 0 aliphatic carbocycles. The molecule has 0 saturated carbocycles. The van der Waals surface area contributed by atoms with Gasteiger partial charge in [-0.1, -0.05) is 24.3 Å². The fourth-order valence-corrected chi connectivity index (χ4v) is 3.54. The van der Waals surface area contributed by atoms with Crippen LogP contribution in [0.1, 0.15) is 22.9 Å². The van der Waals surface area contributed by atoms with E-state index in [9.17, 15) is 19.8 Å². The summed E-state index contributed by atoms with van der Waals surface area (Å²) in [5.74, 6) is -0.775. The number of likely N-dealkylation sites (tertiary alicyclic amines) is 1. The van der Waals surface area contributed by atoms with Crippen molar-refractivity contribution in [3.8, 4) is 11.5 Å². The highest BCUT2D eigenvalue weighted by molar-refractivity contribution is 6.46.